The van der Waals surface area contributed by atoms with Gasteiger partial charge in [-0.2, -0.15) is 5.10 Å². The molecule has 0 bridgehead atoms. The van der Waals surface area contributed by atoms with Gasteiger partial charge in [-0.05, 0) is 87.0 Å². The van der Waals surface area contributed by atoms with Gasteiger partial charge in [0, 0.05) is 36.0 Å². The van der Waals surface area contributed by atoms with Crippen LogP contribution in [0.25, 0.3) is 22.0 Å². The van der Waals surface area contributed by atoms with Crippen molar-refractivity contribution in [2.45, 2.75) is 44.6 Å². The number of aromatic nitrogens is 2. The van der Waals surface area contributed by atoms with E-state index in [2.05, 4.69) is 20.4 Å². The van der Waals surface area contributed by atoms with E-state index in [1.54, 1.807) is 0 Å². The number of nitrogens with one attached hydrogen (secondary N) is 2. The molecule has 2 saturated heterocycles. The number of carbonyl (C=O) groups excluding carboxylic acids is 2. The van der Waals surface area contributed by atoms with Gasteiger partial charge in [0.2, 0.25) is 5.91 Å². The highest BCUT2D eigenvalue weighted by Gasteiger charge is 2.30. The Hall–Kier alpha value is -3.19. The van der Waals surface area contributed by atoms with Crippen molar-refractivity contribution in [3.63, 3.8) is 0 Å². The number of H-pyrrole nitrogens is 1. The van der Waals surface area contributed by atoms with Gasteiger partial charge in [0.05, 0.1) is 5.52 Å². The van der Waals surface area contributed by atoms with Crippen molar-refractivity contribution < 1.29 is 9.59 Å². The van der Waals surface area contributed by atoms with Crippen molar-refractivity contribution in [2.75, 3.05) is 31.5 Å². The van der Waals surface area contributed by atoms with Gasteiger partial charge in [-0.3, -0.25) is 14.7 Å². The summed E-state index contributed by atoms with van der Waals surface area (Å²) in [5.41, 5.74) is 3.61. The van der Waals surface area contributed by atoms with Crippen molar-refractivity contribution in [3.05, 3.63) is 48.0 Å². The van der Waals surface area contributed by atoms with Crippen molar-refractivity contribution in [1.29, 1.82) is 0 Å². The standard InChI is InChI=1S/C27H31N5O2/c33-26(18-6-7-18)28-25-23-9-8-20(17-24(23)29-30-25)19-4-3-5-21(16-19)27(34)32-14-10-22(11-15-32)31-12-1-2-13-31/h3-5,8-9,16-18,22H,1-2,6-7,10-15H2,(H2,28,29,30,33). The summed E-state index contributed by atoms with van der Waals surface area (Å²) < 4.78 is 0. The highest BCUT2D eigenvalue weighted by molar-refractivity contribution is 6.02. The number of likely N-dealkylation sites (tertiary alicyclic amines) is 2. The van der Waals surface area contributed by atoms with Gasteiger partial charge in [0.15, 0.2) is 5.82 Å². The van der Waals surface area contributed by atoms with Crippen LogP contribution < -0.4 is 5.32 Å². The number of hydrogen-bond acceptors (Lipinski definition) is 4. The minimum Gasteiger partial charge on any atom is -0.339 e. The van der Waals surface area contributed by atoms with Gasteiger partial charge >= 0.3 is 0 Å². The van der Waals surface area contributed by atoms with E-state index >= 15 is 0 Å². The molecule has 3 aromatic rings. The van der Waals surface area contributed by atoms with Gasteiger partial charge in [0.1, 0.15) is 0 Å². The molecular weight excluding hydrogens is 426 g/mol. The molecule has 34 heavy (non-hydrogen) atoms. The number of rotatable bonds is 5. The van der Waals surface area contributed by atoms with E-state index in [0.717, 1.165) is 66.4 Å². The molecule has 1 saturated carbocycles. The minimum atomic E-state index is 0.0492. The lowest BCUT2D eigenvalue weighted by atomic mass is 9.99. The van der Waals surface area contributed by atoms with Crippen LogP contribution in [0.1, 0.15) is 48.9 Å². The molecule has 0 unspecified atom stereocenters. The molecule has 3 aliphatic rings. The largest absolute Gasteiger partial charge is 0.339 e. The molecule has 3 fully saturated rings. The lowest BCUT2D eigenvalue weighted by Crippen LogP contribution is -2.45. The second-order valence-corrected chi connectivity index (χ2v) is 9.94. The molecule has 3 heterocycles. The van der Waals surface area contributed by atoms with Crippen molar-refractivity contribution in [1.82, 2.24) is 20.0 Å². The van der Waals surface area contributed by atoms with Crippen LogP contribution >= 0.6 is 0 Å². The average Bonchev–Trinajstić information content (AvgIpc) is 3.45. The Balaban J connectivity index is 1.16. The normalized spacial score (nSPS) is 19.6. The molecule has 1 aromatic heterocycles. The molecule has 0 atom stereocenters. The number of fused-ring (bicyclic) bond motifs is 1. The highest BCUT2D eigenvalue weighted by Crippen LogP contribution is 2.32. The number of aromatic amines is 1. The molecule has 0 radical (unpaired) electrons. The van der Waals surface area contributed by atoms with Gasteiger partial charge < -0.3 is 15.1 Å². The van der Waals surface area contributed by atoms with Crippen LogP contribution in [-0.4, -0.2) is 64.0 Å². The summed E-state index contributed by atoms with van der Waals surface area (Å²) in [5.74, 6) is 0.889. The van der Waals surface area contributed by atoms with Gasteiger partial charge in [-0.1, -0.05) is 18.2 Å². The Kier molecular flexibility index (Phi) is 5.57. The molecule has 2 aliphatic heterocycles. The van der Waals surface area contributed by atoms with E-state index < -0.39 is 0 Å². The molecule has 176 valence electrons. The quantitative estimate of drug-likeness (QED) is 0.599. The monoisotopic (exact) mass is 457 g/mol. The molecule has 6 rings (SSSR count). The third-order valence-electron chi connectivity index (χ3n) is 7.60. The number of piperidine rings is 1. The summed E-state index contributed by atoms with van der Waals surface area (Å²) in [5, 5.41) is 11.2. The number of benzene rings is 2. The fraction of sp³-hybridized carbons (Fsp3) is 0.444. The number of nitrogens with zero attached hydrogens (tertiary/aromatic N) is 3. The molecule has 2 aromatic carbocycles. The molecular formula is C27H31N5O2. The van der Waals surface area contributed by atoms with E-state index in [1.165, 1.54) is 25.9 Å². The van der Waals surface area contributed by atoms with E-state index in [4.69, 9.17) is 0 Å². The Bertz CT molecular complexity index is 1220. The van der Waals surface area contributed by atoms with Crippen molar-refractivity contribution >= 4 is 28.5 Å². The summed E-state index contributed by atoms with van der Waals surface area (Å²) in [6, 6.07) is 14.6. The highest BCUT2D eigenvalue weighted by atomic mass is 16.2. The fourth-order valence-corrected chi connectivity index (χ4v) is 5.41. The first-order chi connectivity index (χ1) is 16.7. The molecule has 0 spiro atoms. The van der Waals surface area contributed by atoms with E-state index in [1.807, 2.05) is 47.4 Å². The van der Waals surface area contributed by atoms with Crippen LogP contribution in [-0.2, 0) is 4.79 Å². The smallest absolute Gasteiger partial charge is 0.253 e. The van der Waals surface area contributed by atoms with Gasteiger partial charge in [-0.25, -0.2) is 0 Å². The first-order valence-electron chi connectivity index (χ1n) is 12.6. The van der Waals surface area contributed by atoms with Crippen LogP contribution in [0.15, 0.2) is 42.5 Å². The molecule has 7 nitrogen and oxygen atoms in total. The molecule has 1 aliphatic carbocycles. The zero-order valence-electron chi connectivity index (χ0n) is 19.4. The lowest BCUT2D eigenvalue weighted by Gasteiger charge is -2.36. The van der Waals surface area contributed by atoms with E-state index in [-0.39, 0.29) is 17.7 Å². The summed E-state index contributed by atoms with van der Waals surface area (Å²) in [6.45, 7) is 4.10. The number of anilines is 1. The number of amides is 2. The third-order valence-corrected chi connectivity index (χ3v) is 7.60. The van der Waals surface area contributed by atoms with Crippen LogP contribution in [0, 0.1) is 5.92 Å². The Labute approximate surface area is 199 Å². The zero-order valence-corrected chi connectivity index (χ0v) is 19.4. The van der Waals surface area contributed by atoms with Crippen LogP contribution in [0.3, 0.4) is 0 Å². The van der Waals surface area contributed by atoms with Crippen LogP contribution in [0.4, 0.5) is 5.82 Å². The molecule has 7 heteroatoms. The number of hydrogen-bond donors (Lipinski definition) is 2. The third kappa shape index (κ3) is 4.20. The van der Waals surface area contributed by atoms with Gasteiger partial charge in [0.25, 0.3) is 5.91 Å². The molecule has 2 amide bonds. The summed E-state index contributed by atoms with van der Waals surface area (Å²) >= 11 is 0. The first kappa shape index (κ1) is 21.4. The minimum absolute atomic E-state index is 0.0492. The predicted molar refractivity (Wildman–Crippen MR) is 133 cm³/mol. The van der Waals surface area contributed by atoms with E-state index in [9.17, 15) is 9.59 Å². The average molecular weight is 458 g/mol. The SMILES string of the molecule is O=C(Nc1n[nH]c2cc(-c3cccc(C(=O)N4CCC(N5CCCC5)CC4)c3)ccc12)C1CC1. The second-order valence-electron chi connectivity index (χ2n) is 9.94. The van der Waals surface area contributed by atoms with Crippen LogP contribution in [0.2, 0.25) is 0 Å². The Morgan fingerprint density at radius 3 is 2.44 bits per heavy atom. The fourth-order valence-electron chi connectivity index (χ4n) is 5.41. The second kappa shape index (κ2) is 8.87. The van der Waals surface area contributed by atoms with Crippen molar-refractivity contribution in [3.8, 4) is 11.1 Å². The van der Waals surface area contributed by atoms with E-state index in [0.29, 0.717) is 11.9 Å². The zero-order chi connectivity index (χ0) is 23.1. The topological polar surface area (TPSA) is 81.3 Å². The first-order valence-corrected chi connectivity index (χ1v) is 12.6. The summed E-state index contributed by atoms with van der Waals surface area (Å²) in [4.78, 5) is 30.0. The summed E-state index contributed by atoms with van der Waals surface area (Å²) in [6.07, 6.45) is 6.69. The van der Waals surface area contributed by atoms with Gasteiger partial charge in [-0.15, -0.1) is 0 Å². The Morgan fingerprint density at radius 2 is 1.68 bits per heavy atom. The van der Waals surface area contributed by atoms with Crippen molar-refractivity contribution in [2.24, 2.45) is 5.92 Å². The number of carbonyl (C=O) groups is 2. The maximum Gasteiger partial charge on any atom is 0.253 e. The van der Waals surface area contributed by atoms with Crippen LogP contribution in [0.5, 0.6) is 0 Å². The molecule has 2 N–H and O–H groups in total. The maximum absolute atomic E-state index is 13.2. The predicted octanol–water partition coefficient (Wildman–Crippen LogP) is 4.28. The summed E-state index contributed by atoms with van der Waals surface area (Å²) in [7, 11) is 0. The Morgan fingerprint density at radius 1 is 0.912 bits per heavy atom. The maximum atomic E-state index is 13.2. The lowest BCUT2D eigenvalue weighted by molar-refractivity contribution is -0.117.